The van der Waals surface area contributed by atoms with Crippen molar-refractivity contribution >= 4 is 26.8 Å². The summed E-state index contributed by atoms with van der Waals surface area (Å²) in [7, 11) is -3.86. The first-order chi connectivity index (χ1) is 17.5. The standard InChI is InChI=1S/C28H25N3O4S/c29-17-20-5-7-21(8-6-20)18-30-28(32)23-9-11-24(12-10-23)36(33,34)31-19-26(22-13-15-35-16-14-22)25-3-1-2-4-27(25)31/h1-12,19,22H,13-16,18H2,(H,30,32). The molecule has 0 bridgehead atoms. The zero-order valence-electron chi connectivity index (χ0n) is 19.6. The predicted molar refractivity (Wildman–Crippen MR) is 136 cm³/mol. The molecule has 0 saturated carbocycles. The van der Waals surface area contributed by atoms with Crippen LogP contribution in [0.2, 0.25) is 0 Å². The van der Waals surface area contributed by atoms with Gasteiger partial charge in [0.1, 0.15) is 0 Å². The van der Waals surface area contributed by atoms with Crippen molar-refractivity contribution in [2.24, 2.45) is 0 Å². The monoisotopic (exact) mass is 499 g/mol. The van der Waals surface area contributed by atoms with E-state index in [-0.39, 0.29) is 16.7 Å². The SMILES string of the molecule is N#Cc1ccc(CNC(=O)c2ccc(S(=O)(=O)n3cc(C4CCOCC4)c4ccccc43)cc2)cc1. The van der Waals surface area contributed by atoms with Crippen LogP contribution in [0.5, 0.6) is 0 Å². The van der Waals surface area contributed by atoms with Crippen LogP contribution in [0, 0.1) is 11.3 Å². The van der Waals surface area contributed by atoms with Gasteiger partial charge in [0.25, 0.3) is 15.9 Å². The van der Waals surface area contributed by atoms with Crippen LogP contribution in [0.1, 0.15) is 45.8 Å². The lowest BCUT2D eigenvalue weighted by Gasteiger charge is -2.21. The zero-order valence-corrected chi connectivity index (χ0v) is 20.4. The number of hydrogen-bond acceptors (Lipinski definition) is 5. The molecule has 1 aliphatic rings. The van der Waals surface area contributed by atoms with Crippen LogP contribution in [0.4, 0.5) is 0 Å². The third-order valence-electron chi connectivity index (χ3n) is 6.58. The number of nitrogens with one attached hydrogen (secondary N) is 1. The Balaban J connectivity index is 1.37. The van der Waals surface area contributed by atoms with E-state index >= 15 is 0 Å². The van der Waals surface area contributed by atoms with E-state index in [1.54, 1.807) is 30.5 Å². The Morgan fingerprint density at radius 3 is 2.39 bits per heavy atom. The van der Waals surface area contributed by atoms with Crippen LogP contribution in [0.15, 0.2) is 83.9 Å². The summed E-state index contributed by atoms with van der Waals surface area (Å²) in [6.45, 7) is 1.65. The average Bonchev–Trinajstić information content (AvgIpc) is 3.33. The Hall–Kier alpha value is -3.93. The number of carbonyl (C=O) groups is 1. The van der Waals surface area contributed by atoms with Crippen molar-refractivity contribution < 1.29 is 17.9 Å². The molecule has 5 rings (SSSR count). The average molecular weight is 500 g/mol. The Morgan fingerprint density at radius 1 is 1.00 bits per heavy atom. The summed E-state index contributed by atoms with van der Waals surface area (Å²) < 4.78 is 34.0. The molecule has 1 fully saturated rings. The number of rotatable bonds is 6. The van der Waals surface area contributed by atoms with Crippen LogP contribution in [0.3, 0.4) is 0 Å². The quantitative estimate of drug-likeness (QED) is 0.419. The number of nitriles is 1. The number of carbonyl (C=O) groups excluding carboxylic acids is 1. The topological polar surface area (TPSA) is 101 Å². The van der Waals surface area contributed by atoms with Gasteiger partial charge in [0, 0.05) is 36.9 Å². The van der Waals surface area contributed by atoms with Crippen molar-refractivity contribution in [2.45, 2.75) is 30.2 Å². The van der Waals surface area contributed by atoms with Crippen LogP contribution in [-0.2, 0) is 21.3 Å². The number of amides is 1. The molecule has 1 amide bonds. The highest BCUT2D eigenvalue weighted by atomic mass is 32.2. The fourth-order valence-corrected chi connectivity index (χ4v) is 5.96. The minimum Gasteiger partial charge on any atom is -0.381 e. The van der Waals surface area contributed by atoms with Gasteiger partial charge in [-0.25, -0.2) is 12.4 Å². The second-order valence-electron chi connectivity index (χ2n) is 8.80. The molecular weight excluding hydrogens is 474 g/mol. The molecule has 36 heavy (non-hydrogen) atoms. The highest BCUT2D eigenvalue weighted by Gasteiger charge is 2.25. The molecule has 1 aromatic heterocycles. The Morgan fingerprint density at radius 2 is 1.69 bits per heavy atom. The zero-order chi connectivity index (χ0) is 25.1. The van der Waals surface area contributed by atoms with Crippen LogP contribution in [-0.4, -0.2) is 31.5 Å². The number of fused-ring (bicyclic) bond motifs is 1. The van der Waals surface area contributed by atoms with Gasteiger partial charge in [-0.2, -0.15) is 5.26 Å². The largest absolute Gasteiger partial charge is 0.381 e. The van der Waals surface area contributed by atoms with Crippen LogP contribution < -0.4 is 5.32 Å². The van der Waals surface area contributed by atoms with Gasteiger partial charge in [0.15, 0.2) is 0 Å². The molecule has 1 aliphatic heterocycles. The molecule has 182 valence electrons. The molecular formula is C28H25N3O4S. The lowest BCUT2D eigenvalue weighted by atomic mass is 9.91. The van der Waals surface area contributed by atoms with E-state index in [2.05, 4.69) is 11.4 Å². The number of hydrogen-bond donors (Lipinski definition) is 1. The lowest BCUT2D eigenvalue weighted by Crippen LogP contribution is -2.22. The summed E-state index contributed by atoms with van der Waals surface area (Å²) in [6, 6.07) is 22.5. The third-order valence-corrected chi connectivity index (χ3v) is 8.27. The van der Waals surface area contributed by atoms with Crippen molar-refractivity contribution in [3.8, 4) is 6.07 Å². The van der Waals surface area contributed by atoms with Crippen molar-refractivity contribution in [3.05, 3.63) is 101 Å². The van der Waals surface area contributed by atoms with Gasteiger partial charge in [-0.15, -0.1) is 0 Å². The van der Waals surface area contributed by atoms with Gasteiger partial charge >= 0.3 is 0 Å². The molecule has 3 aromatic carbocycles. The summed E-state index contributed by atoms with van der Waals surface area (Å²) in [5.74, 6) is -0.0567. The molecule has 0 spiro atoms. The molecule has 8 heteroatoms. The Kier molecular flexibility index (Phi) is 6.59. The Bertz CT molecular complexity index is 1540. The summed E-state index contributed by atoms with van der Waals surface area (Å²) in [5.41, 5.74) is 3.45. The minimum absolute atomic E-state index is 0.116. The number of benzene rings is 3. The first-order valence-corrected chi connectivity index (χ1v) is 13.2. The molecule has 0 atom stereocenters. The molecule has 0 radical (unpaired) electrons. The maximum atomic E-state index is 13.6. The second kappa shape index (κ2) is 9.97. The summed E-state index contributed by atoms with van der Waals surface area (Å²) in [4.78, 5) is 12.7. The molecule has 0 aliphatic carbocycles. The van der Waals surface area contributed by atoms with Gasteiger partial charge in [-0.05, 0) is 72.4 Å². The normalized spacial score (nSPS) is 14.4. The van der Waals surface area contributed by atoms with Gasteiger partial charge < -0.3 is 10.1 Å². The maximum absolute atomic E-state index is 13.6. The van der Waals surface area contributed by atoms with Gasteiger partial charge in [0.2, 0.25) is 0 Å². The first kappa shape index (κ1) is 23.8. The Labute approximate surface area is 210 Å². The van der Waals surface area contributed by atoms with E-state index in [9.17, 15) is 13.2 Å². The molecule has 1 N–H and O–H groups in total. The maximum Gasteiger partial charge on any atom is 0.268 e. The lowest BCUT2D eigenvalue weighted by molar-refractivity contribution is 0.0856. The van der Waals surface area contributed by atoms with E-state index in [0.717, 1.165) is 29.4 Å². The molecule has 0 unspecified atom stereocenters. The van der Waals surface area contributed by atoms with Crippen molar-refractivity contribution in [2.75, 3.05) is 13.2 Å². The molecule has 7 nitrogen and oxygen atoms in total. The minimum atomic E-state index is -3.86. The molecule has 4 aromatic rings. The fourth-order valence-electron chi connectivity index (χ4n) is 4.58. The van der Waals surface area contributed by atoms with E-state index in [1.165, 1.54) is 28.2 Å². The third kappa shape index (κ3) is 4.63. The van der Waals surface area contributed by atoms with Gasteiger partial charge in [-0.3, -0.25) is 4.79 Å². The van der Waals surface area contributed by atoms with Gasteiger partial charge in [0.05, 0.1) is 22.0 Å². The first-order valence-electron chi connectivity index (χ1n) is 11.8. The van der Waals surface area contributed by atoms with Crippen molar-refractivity contribution in [1.82, 2.24) is 9.29 Å². The second-order valence-corrected chi connectivity index (χ2v) is 10.6. The highest BCUT2D eigenvalue weighted by Crippen LogP contribution is 2.35. The fraction of sp³-hybridized carbons (Fsp3) is 0.214. The number of aromatic nitrogens is 1. The van der Waals surface area contributed by atoms with Gasteiger partial charge in [-0.1, -0.05) is 30.3 Å². The van der Waals surface area contributed by atoms with E-state index in [1.807, 2.05) is 24.3 Å². The van der Waals surface area contributed by atoms with E-state index in [4.69, 9.17) is 10.00 Å². The van der Waals surface area contributed by atoms with E-state index < -0.39 is 10.0 Å². The smallest absolute Gasteiger partial charge is 0.268 e. The highest BCUT2D eigenvalue weighted by molar-refractivity contribution is 7.90. The van der Waals surface area contributed by atoms with E-state index in [0.29, 0.717) is 36.4 Å². The summed E-state index contributed by atoms with van der Waals surface area (Å²) in [5, 5.41) is 12.6. The molecule has 2 heterocycles. The van der Waals surface area contributed by atoms with Crippen LogP contribution in [0.25, 0.3) is 10.9 Å². The predicted octanol–water partition coefficient (Wildman–Crippen LogP) is 4.57. The summed E-state index contributed by atoms with van der Waals surface area (Å²) >= 11 is 0. The molecule has 1 saturated heterocycles. The van der Waals surface area contributed by atoms with Crippen molar-refractivity contribution in [3.63, 3.8) is 0 Å². The van der Waals surface area contributed by atoms with Crippen LogP contribution >= 0.6 is 0 Å². The van der Waals surface area contributed by atoms with Crippen molar-refractivity contribution in [1.29, 1.82) is 5.26 Å². The number of ether oxygens (including phenoxy) is 1. The summed E-state index contributed by atoms with van der Waals surface area (Å²) in [6.07, 6.45) is 3.47. The number of para-hydroxylation sites is 1. The number of nitrogens with zero attached hydrogens (tertiary/aromatic N) is 2.